The van der Waals surface area contributed by atoms with Crippen LogP contribution < -0.4 is 5.73 Å². The third-order valence-electron chi connectivity index (χ3n) is 3.78. The molecule has 0 unspecified atom stereocenters. The Morgan fingerprint density at radius 2 is 1.69 bits per heavy atom. The highest BCUT2D eigenvalue weighted by Crippen LogP contribution is 2.39. The summed E-state index contributed by atoms with van der Waals surface area (Å²) < 4.78 is 0. The Labute approximate surface area is 96.8 Å². The second-order valence-corrected chi connectivity index (χ2v) is 4.87. The van der Waals surface area contributed by atoms with Crippen LogP contribution in [0, 0.1) is 6.92 Å². The van der Waals surface area contributed by atoms with Crippen LogP contribution in [0.15, 0.2) is 24.3 Å². The molecule has 2 rings (SSSR count). The quantitative estimate of drug-likeness (QED) is 0.813. The predicted molar refractivity (Wildman–Crippen MR) is 65.1 cm³/mol. The Morgan fingerprint density at radius 3 is 2.19 bits per heavy atom. The summed E-state index contributed by atoms with van der Waals surface area (Å²) in [6.07, 6.45) is 5.26. The monoisotopic (exact) mass is 217 g/mol. The van der Waals surface area contributed by atoms with Crippen molar-refractivity contribution in [3.8, 4) is 0 Å². The summed E-state index contributed by atoms with van der Waals surface area (Å²) in [6, 6.07) is 8.25. The van der Waals surface area contributed by atoms with Crippen molar-refractivity contribution in [2.24, 2.45) is 5.73 Å². The Morgan fingerprint density at radius 1 is 1.12 bits per heavy atom. The number of amides is 1. The van der Waals surface area contributed by atoms with Crippen LogP contribution in [0.1, 0.15) is 43.2 Å². The molecule has 0 saturated heterocycles. The number of nitrogens with two attached hydrogens (primary N) is 1. The molecule has 0 aromatic heterocycles. The fourth-order valence-electron chi connectivity index (χ4n) is 2.71. The van der Waals surface area contributed by atoms with E-state index in [4.69, 9.17) is 5.73 Å². The first-order valence-electron chi connectivity index (χ1n) is 6.02. The molecular formula is C14H19NO. The van der Waals surface area contributed by atoms with Gasteiger partial charge in [-0.25, -0.2) is 0 Å². The van der Waals surface area contributed by atoms with Crippen molar-refractivity contribution in [2.45, 2.75) is 44.4 Å². The number of carbonyl (C=O) groups excluding carboxylic acids is 1. The molecule has 1 amide bonds. The number of hydrogen-bond donors (Lipinski definition) is 1. The first kappa shape index (κ1) is 11.2. The summed E-state index contributed by atoms with van der Waals surface area (Å²) >= 11 is 0. The molecule has 1 fully saturated rings. The normalized spacial score (nSPS) is 19.3. The molecule has 0 atom stereocenters. The maximum Gasteiger partial charge on any atom is 0.228 e. The van der Waals surface area contributed by atoms with Crippen LogP contribution in [0.5, 0.6) is 0 Å². The molecule has 2 nitrogen and oxygen atoms in total. The van der Waals surface area contributed by atoms with Gasteiger partial charge in [0, 0.05) is 0 Å². The molecule has 2 heteroatoms. The van der Waals surface area contributed by atoms with Crippen LogP contribution in [-0.4, -0.2) is 5.91 Å². The molecule has 1 aromatic rings. The molecule has 86 valence electrons. The van der Waals surface area contributed by atoms with E-state index in [-0.39, 0.29) is 5.91 Å². The highest BCUT2D eigenvalue weighted by molar-refractivity contribution is 5.86. The van der Waals surface area contributed by atoms with Gasteiger partial charge < -0.3 is 5.73 Å². The SMILES string of the molecule is Cc1ccc(C2(C(N)=O)CCCCC2)cc1. The van der Waals surface area contributed by atoms with E-state index in [2.05, 4.69) is 31.2 Å². The summed E-state index contributed by atoms with van der Waals surface area (Å²) in [4.78, 5) is 11.8. The highest BCUT2D eigenvalue weighted by Gasteiger charge is 2.39. The fraction of sp³-hybridized carbons (Fsp3) is 0.500. The molecule has 1 saturated carbocycles. The van der Waals surface area contributed by atoms with E-state index in [1.165, 1.54) is 12.0 Å². The lowest BCUT2D eigenvalue weighted by Gasteiger charge is -2.34. The lowest BCUT2D eigenvalue weighted by Crippen LogP contribution is -2.42. The topological polar surface area (TPSA) is 43.1 Å². The zero-order valence-electron chi connectivity index (χ0n) is 9.83. The van der Waals surface area contributed by atoms with E-state index in [0.29, 0.717) is 0 Å². The average molecular weight is 217 g/mol. The molecule has 1 aromatic carbocycles. The molecule has 1 aliphatic rings. The molecule has 0 radical (unpaired) electrons. The van der Waals surface area contributed by atoms with Crippen molar-refractivity contribution in [1.82, 2.24) is 0 Å². The second kappa shape index (κ2) is 4.28. The second-order valence-electron chi connectivity index (χ2n) is 4.87. The van der Waals surface area contributed by atoms with E-state index in [9.17, 15) is 4.79 Å². The van der Waals surface area contributed by atoms with E-state index in [0.717, 1.165) is 31.2 Å². The van der Waals surface area contributed by atoms with Gasteiger partial charge in [-0.2, -0.15) is 0 Å². The molecular weight excluding hydrogens is 198 g/mol. The number of carbonyl (C=O) groups is 1. The van der Waals surface area contributed by atoms with Gasteiger partial charge in [-0.3, -0.25) is 4.79 Å². The summed E-state index contributed by atoms with van der Waals surface area (Å²) in [7, 11) is 0. The Hall–Kier alpha value is -1.31. The van der Waals surface area contributed by atoms with Crippen molar-refractivity contribution in [3.05, 3.63) is 35.4 Å². The van der Waals surface area contributed by atoms with Gasteiger partial charge in [-0.05, 0) is 25.3 Å². The van der Waals surface area contributed by atoms with Gasteiger partial charge in [0.25, 0.3) is 0 Å². The molecule has 2 N–H and O–H groups in total. The smallest absolute Gasteiger partial charge is 0.228 e. The lowest BCUT2D eigenvalue weighted by atomic mass is 9.69. The number of benzene rings is 1. The van der Waals surface area contributed by atoms with Crippen molar-refractivity contribution in [2.75, 3.05) is 0 Å². The van der Waals surface area contributed by atoms with Crippen LogP contribution in [0.4, 0.5) is 0 Å². The van der Waals surface area contributed by atoms with Gasteiger partial charge >= 0.3 is 0 Å². The van der Waals surface area contributed by atoms with Crippen molar-refractivity contribution in [1.29, 1.82) is 0 Å². The average Bonchev–Trinajstić information content (AvgIpc) is 2.30. The molecule has 0 bridgehead atoms. The molecule has 0 spiro atoms. The number of rotatable bonds is 2. The van der Waals surface area contributed by atoms with Crippen molar-refractivity contribution >= 4 is 5.91 Å². The minimum Gasteiger partial charge on any atom is -0.369 e. The van der Waals surface area contributed by atoms with E-state index >= 15 is 0 Å². The number of aryl methyl sites for hydroxylation is 1. The largest absolute Gasteiger partial charge is 0.369 e. The third kappa shape index (κ3) is 1.84. The Kier molecular flexibility index (Phi) is 2.99. The van der Waals surface area contributed by atoms with Gasteiger partial charge in [0.2, 0.25) is 5.91 Å². The van der Waals surface area contributed by atoms with Crippen LogP contribution in [0.2, 0.25) is 0 Å². The van der Waals surface area contributed by atoms with Crippen LogP contribution in [-0.2, 0) is 10.2 Å². The minimum absolute atomic E-state index is 0.156. The number of primary amides is 1. The highest BCUT2D eigenvalue weighted by atomic mass is 16.1. The van der Waals surface area contributed by atoms with Crippen molar-refractivity contribution < 1.29 is 4.79 Å². The Balaban J connectivity index is 2.38. The van der Waals surface area contributed by atoms with E-state index < -0.39 is 5.41 Å². The van der Waals surface area contributed by atoms with Gasteiger partial charge in [0.05, 0.1) is 5.41 Å². The Bertz CT molecular complexity index is 374. The first-order valence-corrected chi connectivity index (χ1v) is 6.02. The molecule has 0 aliphatic heterocycles. The molecule has 1 aliphatic carbocycles. The van der Waals surface area contributed by atoms with Gasteiger partial charge in [0.1, 0.15) is 0 Å². The van der Waals surface area contributed by atoms with E-state index in [1.54, 1.807) is 0 Å². The summed E-state index contributed by atoms with van der Waals surface area (Å²) in [5.41, 5.74) is 7.56. The predicted octanol–water partition coefficient (Wildman–Crippen LogP) is 2.68. The first-order chi connectivity index (χ1) is 7.65. The maximum absolute atomic E-state index is 11.8. The van der Waals surface area contributed by atoms with Gasteiger partial charge in [-0.15, -0.1) is 0 Å². The van der Waals surface area contributed by atoms with E-state index in [1.807, 2.05) is 0 Å². The number of hydrogen-bond acceptors (Lipinski definition) is 1. The standard InChI is InChI=1S/C14H19NO/c1-11-5-7-12(8-6-11)14(13(15)16)9-3-2-4-10-14/h5-8H,2-4,9-10H2,1H3,(H2,15,16). The van der Waals surface area contributed by atoms with Gasteiger partial charge in [0.15, 0.2) is 0 Å². The van der Waals surface area contributed by atoms with Crippen LogP contribution >= 0.6 is 0 Å². The maximum atomic E-state index is 11.8. The minimum atomic E-state index is -0.397. The zero-order chi connectivity index (χ0) is 11.6. The van der Waals surface area contributed by atoms with Crippen LogP contribution in [0.25, 0.3) is 0 Å². The van der Waals surface area contributed by atoms with Gasteiger partial charge in [-0.1, -0.05) is 49.1 Å². The molecule has 16 heavy (non-hydrogen) atoms. The summed E-state index contributed by atoms with van der Waals surface area (Å²) in [5, 5.41) is 0. The summed E-state index contributed by atoms with van der Waals surface area (Å²) in [6.45, 7) is 2.06. The third-order valence-corrected chi connectivity index (χ3v) is 3.78. The molecule has 0 heterocycles. The lowest BCUT2D eigenvalue weighted by molar-refractivity contribution is -0.124. The fourth-order valence-corrected chi connectivity index (χ4v) is 2.71. The summed E-state index contributed by atoms with van der Waals surface area (Å²) in [5.74, 6) is -0.156. The van der Waals surface area contributed by atoms with Crippen molar-refractivity contribution in [3.63, 3.8) is 0 Å². The zero-order valence-corrected chi connectivity index (χ0v) is 9.83. The van der Waals surface area contributed by atoms with Crippen LogP contribution in [0.3, 0.4) is 0 Å².